The van der Waals surface area contributed by atoms with Gasteiger partial charge in [-0.25, -0.2) is 13.6 Å². The van der Waals surface area contributed by atoms with Crippen molar-refractivity contribution in [2.45, 2.75) is 32.4 Å². The Labute approximate surface area is 113 Å². The van der Waals surface area contributed by atoms with E-state index >= 15 is 0 Å². The second kappa shape index (κ2) is 5.96. The first-order chi connectivity index (χ1) is 9.51. The zero-order valence-corrected chi connectivity index (χ0v) is 10.8. The van der Waals surface area contributed by atoms with Crippen LogP contribution in [-0.2, 0) is 13.0 Å². The van der Waals surface area contributed by atoms with E-state index in [1.165, 1.54) is 6.07 Å². The maximum absolute atomic E-state index is 13.1. The molecule has 1 unspecified atom stereocenters. The quantitative estimate of drug-likeness (QED) is 0.909. The third-order valence-corrected chi connectivity index (χ3v) is 2.79. The van der Waals surface area contributed by atoms with Crippen molar-refractivity contribution in [3.63, 3.8) is 0 Å². The van der Waals surface area contributed by atoms with E-state index in [0.29, 0.717) is 6.42 Å². The second-order valence-corrected chi connectivity index (χ2v) is 4.38. The van der Waals surface area contributed by atoms with Crippen molar-refractivity contribution in [1.29, 1.82) is 0 Å². The molecule has 0 amide bonds. The first-order valence-corrected chi connectivity index (χ1v) is 6.21. The number of nitrogens with zero attached hydrogens (tertiary/aromatic N) is 2. The van der Waals surface area contributed by atoms with Gasteiger partial charge in [-0.2, -0.15) is 4.68 Å². The van der Waals surface area contributed by atoms with E-state index in [2.05, 4.69) is 5.10 Å². The summed E-state index contributed by atoms with van der Waals surface area (Å²) in [5.74, 6) is -2.45. The number of aliphatic hydroxyl groups excluding tert-OH is 1. The standard InChI is InChI=1S/C13H14F2N2O3/c1-2-3-12-16-17(13(19)20-12)7-11(18)8-4-5-9(14)10(15)6-8/h4-6,11,18H,2-3,7H2,1H3. The van der Waals surface area contributed by atoms with Gasteiger partial charge < -0.3 is 9.52 Å². The topological polar surface area (TPSA) is 68.3 Å². The van der Waals surface area contributed by atoms with Gasteiger partial charge >= 0.3 is 5.76 Å². The highest BCUT2D eigenvalue weighted by Crippen LogP contribution is 2.17. The molecular formula is C13H14F2N2O3. The largest absolute Gasteiger partial charge is 0.437 e. The highest BCUT2D eigenvalue weighted by Gasteiger charge is 2.15. The van der Waals surface area contributed by atoms with Crippen molar-refractivity contribution in [2.24, 2.45) is 0 Å². The van der Waals surface area contributed by atoms with Gasteiger partial charge in [0, 0.05) is 6.42 Å². The summed E-state index contributed by atoms with van der Waals surface area (Å²) in [6, 6.07) is 3.06. The van der Waals surface area contributed by atoms with Crippen molar-refractivity contribution >= 4 is 0 Å². The fraction of sp³-hybridized carbons (Fsp3) is 0.385. The summed E-state index contributed by atoms with van der Waals surface area (Å²) in [5, 5.41) is 13.8. The maximum atomic E-state index is 13.1. The molecule has 1 aromatic carbocycles. The molecule has 1 atom stereocenters. The van der Waals surface area contributed by atoms with Crippen LogP contribution in [0, 0.1) is 11.6 Å². The van der Waals surface area contributed by atoms with Crippen LogP contribution in [0.3, 0.4) is 0 Å². The zero-order chi connectivity index (χ0) is 14.7. The Kier molecular flexibility index (Phi) is 4.29. The van der Waals surface area contributed by atoms with Crippen LogP contribution in [0.5, 0.6) is 0 Å². The third kappa shape index (κ3) is 3.11. The first-order valence-electron chi connectivity index (χ1n) is 6.21. The lowest BCUT2D eigenvalue weighted by molar-refractivity contribution is 0.148. The summed E-state index contributed by atoms with van der Waals surface area (Å²) in [5.41, 5.74) is 0.163. The predicted octanol–water partition coefficient (Wildman–Crippen LogP) is 1.80. The fourth-order valence-corrected chi connectivity index (χ4v) is 1.77. The number of aryl methyl sites for hydroxylation is 1. The van der Waals surface area contributed by atoms with Crippen molar-refractivity contribution in [3.8, 4) is 0 Å². The number of hydrogen-bond acceptors (Lipinski definition) is 4. The molecule has 0 radical (unpaired) electrons. The van der Waals surface area contributed by atoms with E-state index < -0.39 is 23.5 Å². The predicted molar refractivity (Wildman–Crippen MR) is 66.1 cm³/mol. The average Bonchev–Trinajstić information content (AvgIpc) is 2.73. The lowest BCUT2D eigenvalue weighted by Gasteiger charge is -2.10. The highest BCUT2D eigenvalue weighted by molar-refractivity contribution is 5.19. The van der Waals surface area contributed by atoms with Crippen molar-refractivity contribution in [3.05, 3.63) is 51.8 Å². The molecule has 7 heteroatoms. The Morgan fingerprint density at radius 3 is 2.80 bits per heavy atom. The van der Waals surface area contributed by atoms with Gasteiger partial charge in [-0.3, -0.25) is 0 Å². The molecule has 0 saturated carbocycles. The molecule has 2 rings (SSSR count). The Hall–Kier alpha value is -2.02. The molecule has 0 aliphatic carbocycles. The molecule has 20 heavy (non-hydrogen) atoms. The summed E-state index contributed by atoms with van der Waals surface area (Å²) in [4.78, 5) is 11.5. The molecule has 2 aromatic rings. The van der Waals surface area contributed by atoms with Crippen LogP contribution >= 0.6 is 0 Å². The molecule has 0 bridgehead atoms. The summed E-state index contributed by atoms with van der Waals surface area (Å²) >= 11 is 0. The smallest absolute Gasteiger partial charge is 0.392 e. The monoisotopic (exact) mass is 284 g/mol. The summed E-state index contributed by atoms with van der Waals surface area (Å²) < 4.78 is 31.7. The maximum Gasteiger partial charge on any atom is 0.437 e. The van der Waals surface area contributed by atoms with Gasteiger partial charge in [-0.1, -0.05) is 13.0 Å². The molecule has 1 N–H and O–H groups in total. The van der Waals surface area contributed by atoms with E-state index in [1.807, 2.05) is 6.92 Å². The van der Waals surface area contributed by atoms with E-state index in [-0.39, 0.29) is 18.0 Å². The number of aromatic nitrogens is 2. The van der Waals surface area contributed by atoms with Gasteiger partial charge in [0.1, 0.15) is 0 Å². The molecule has 1 heterocycles. The summed E-state index contributed by atoms with van der Waals surface area (Å²) in [6.07, 6.45) is 0.109. The molecule has 0 saturated heterocycles. The Balaban J connectivity index is 2.16. The van der Waals surface area contributed by atoms with E-state index in [9.17, 15) is 18.7 Å². The minimum atomic E-state index is -1.18. The average molecular weight is 284 g/mol. The van der Waals surface area contributed by atoms with Gasteiger partial charge in [0.25, 0.3) is 0 Å². The molecule has 0 aliphatic rings. The number of rotatable bonds is 5. The van der Waals surface area contributed by atoms with Crippen molar-refractivity contribution in [1.82, 2.24) is 9.78 Å². The molecule has 5 nitrogen and oxygen atoms in total. The number of aliphatic hydroxyl groups is 1. The Morgan fingerprint density at radius 2 is 2.15 bits per heavy atom. The minimum absolute atomic E-state index is 0.163. The summed E-state index contributed by atoms with van der Waals surface area (Å²) in [7, 11) is 0. The van der Waals surface area contributed by atoms with Crippen LogP contribution in [0.15, 0.2) is 27.4 Å². The third-order valence-electron chi connectivity index (χ3n) is 2.79. The molecule has 1 aromatic heterocycles. The molecule has 0 aliphatic heterocycles. The van der Waals surface area contributed by atoms with Crippen LogP contribution in [0.2, 0.25) is 0 Å². The van der Waals surface area contributed by atoms with Gasteiger partial charge in [0.2, 0.25) is 5.89 Å². The molecular weight excluding hydrogens is 270 g/mol. The van der Waals surface area contributed by atoms with Gasteiger partial charge in [-0.15, -0.1) is 5.10 Å². The lowest BCUT2D eigenvalue weighted by Crippen LogP contribution is -2.20. The van der Waals surface area contributed by atoms with Gasteiger partial charge in [-0.05, 0) is 24.1 Å². The number of benzene rings is 1. The van der Waals surface area contributed by atoms with E-state index in [4.69, 9.17) is 4.42 Å². The number of halogens is 2. The normalized spacial score (nSPS) is 12.6. The lowest BCUT2D eigenvalue weighted by atomic mass is 10.1. The fourth-order valence-electron chi connectivity index (χ4n) is 1.77. The Morgan fingerprint density at radius 1 is 1.40 bits per heavy atom. The van der Waals surface area contributed by atoms with Crippen LogP contribution in [-0.4, -0.2) is 14.9 Å². The molecule has 0 fully saturated rings. The second-order valence-electron chi connectivity index (χ2n) is 4.38. The van der Waals surface area contributed by atoms with Crippen LogP contribution in [0.4, 0.5) is 8.78 Å². The highest BCUT2D eigenvalue weighted by atomic mass is 19.2. The van der Waals surface area contributed by atoms with Gasteiger partial charge in [0.15, 0.2) is 11.6 Å². The van der Waals surface area contributed by atoms with Crippen LogP contribution < -0.4 is 5.76 Å². The van der Waals surface area contributed by atoms with Crippen molar-refractivity contribution < 1.29 is 18.3 Å². The van der Waals surface area contributed by atoms with E-state index in [0.717, 1.165) is 23.2 Å². The molecule has 0 spiro atoms. The minimum Gasteiger partial charge on any atom is -0.392 e. The number of hydrogen-bond donors (Lipinski definition) is 1. The van der Waals surface area contributed by atoms with E-state index in [1.54, 1.807) is 0 Å². The van der Waals surface area contributed by atoms with Crippen LogP contribution in [0.1, 0.15) is 30.9 Å². The first kappa shape index (κ1) is 14.4. The zero-order valence-electron chi connectivity index (χ0n) is 10.8. The summed E-state index contributed by atoms with van der Waals surface area (Å²) in [6.45, 7) is 1.73. The Bertz CT molecular complexity index is 651. The SMILES string of the molecule is CCCc1nn(CC(O)c2ccc(F)c(F)c2)c(=O)o1. The van der Waals surface area contributed by atoms with Crippen LogP contribution in [0.25, 0.3) is 0 Å². The van der Waals surface area contributed by atoms with Gasteiger partial charge in [0.05, 0.1) is 12.6 Å². The van der Waals surface area contributed by atoms with Crippen molar-refractivity contribution in [2.75, 3.05) is 0 Å². The molecule has 108 valence electrons.